The quantitative estimate of drug-likeness (QED) is 0.313. The van der Waals surface area contributed by atoms with Crippen molar-refractivity contribution in [1.82, 2.24) is 20.0 Å². The van der Waals surface area contributed by atoms with E-state index in [2.05, 4.69) is 15.3 Å². The number of carboxylic acid groups (broad SMARTS) is 1. The van der Waals surface area contributed by atoms with Crippen molar-refractivity contribution in [3.63, 3.8) is 0 Å². The fraction of sp³-hybridized carbons (Fsp3) is 0.364. The van der Waals surface area contributed by atoms with E-state index in [1.54, 1.807) is 12.1 Å². The largest absolute Gasteiger partial charge is 0.479 e. The summed E-state index contributed by atoms with van der Waals surface area (Å²) >= 11 is 0. The molecule has 1 fully saturated rings. The lowest BCUT2D eigenvalue weighted by molar-refractivity contribution is -0.238. The summed E-state index contributed by atoms with van der Waals surface area (Å²) in [7, 11) is 0. The average Bonchev–Trinajstić information content (AvgIpc) is 3.34. The molecule has 3 heterocycles. The zero-order chi connectivity index (χ0) is 26.0. The highest BCUT2D eigenvalue weighted by molar-refractivity contribution is 5.73. The summed E-state index contributed by atoms with van der Waals surface area (Å²) in [6.07, 6.45) is -3.88. The first-order valence-electron chi connectivity index (χ1n) is 10.6. The Labute approximate surface area is 201 Å². The molecule has 3 aromatic rings. The number of ether oxygens (including phenoxy) is 2. The van der Waals surface area contributed by atoms with Crippen LogP contribution in [0.4, 0.5) is 13.2 Å². The Bertz CT molecular complexity index is 1190. The van der Waals surface area contributed by atoms with E-state index in [-0.39, 0.29) is 17.9 Å². The van der Waals surface area contributed by atoms with Crippen molar-refractivity contribution in [2.45, 2.75) is 43.2 Å². The molecule has 14 heteroatoms. The van der Waals surface area contributed by atoms with Crippen molar-refractivity contribution in [3.05, 3.63) is 65.9 Å². The van der Waals surface area contributed by atoms with Crippen molar-refractivity contribution < 1.29 is 47.9 Å². The molecule has 0 saturated carbocycles. The van der Waals surface area contributed by atoms with Gasteiger partial charge in [-0.15, -0.1) is 5.10 Å². The van der Waals surface area contributed by atoms with Crippen LogP contribution in [-0.2, 0) is 20.9 Å². The molecule has 4 N–H and O–H groups in total. The number of aromatic nitrogens is 4. The lowest BCUT2D eigenvalue weighted by atomic mass is 9.90. The van der Waals surface area contributed by atoms with Crippen molar-refractivity contribution >= 4 is 5.97 Å². The summed E-state index contributed by atoms with van der Waals surface area (Å²) in [6, 6.07) is 3.17. The van der Waals surface area contributed by atoms with Gasteiger partial charge in [-0.3, -0.25) is 4.98 Å². The van der Waals surface area contributed by atoms with Gasteiger partial charge in [0.15, 0.2) is 23.6 Å². The second-order valence-electron chi connectivity index (χ2n) is 8.06. The van der Waals surface area contributed by atoms with Gasteiger partial charge in [-0.25, -0.2) is 22.6 Å². The van der Waals surface area contributed by atoms with Gasteiger partial charge in [-0.05, 0) is 29.8 Å². The first-order chi connectivity index (χ1) is 17.2. The van der Waals surface area contributed by atoms with Crippen LogP contribution in [-0.4, -0.2) is 83.5 Å². The first-order valence-corrected chi connectivity index (χ1v) is 10.6. The van der Waals surface area contributed by atoms with E-state index in [0.717, 1.165) is 10.9 Å². The highest BCUT2D eigenvalue weighted by Gasteiger charge is 2.50. The molecule has 6 atom stereocenters. The Morgan fingerprint density at radius 2 is 1.81 bits per heavy atom. The maximum absolute atomic E-state index is 13.7. The third-order valence-corrected chi connectivity index (χ3v) is 5.75. The van der Waals surface area contributed by atoms with Gasteiger partial charge in [-0.1, -0.05) is 5.21 Å². The standard InChI is InChI=1S/C22H21F3N4O7/c23-12-5-11(6-13(24)16(12)25)14-7-29(28-27-14)17-18(31)15(8-30)36-20(19(17)32)21(22(33)34)35-9-10-1-3-26-4-2-10/h1-7,15,17-21,30-32H,8-9H2,(H,33,34)/t15?,17?,18-,19?,20?,21-/m0/s1. The van der Waals surface area contributed by atoms with Crippen molar-refractivity contribution in [2.24, 2.45) is 0 Å². The van der Waals surface area contributed by atoms with E-state index in [4.69, 9.17) is 9.47 Å². The van der Waals surface area contributed by atoms with Gasteiger partial charge in [0.1, 0.15) is 36.2 Å². The minimum absolute atomic E-state index is 0.125. The molecular formula is C22H21F3N4O7. The molecule has 1 aliphatic rings. The number of aliphatic carboxylic acids is 1. The van der Waals surface area contributed by atoms with Crippen LogP contribution >= 0.6 is 0 Å². The molecule has 0 aliphatic carbocycles. The lowest BCUT2D eigenvalue weighted by Gasteiger charge is -2.43. The highest BCUT2D eigenvalue weighted by atomic mass is 19.2. The Morgan fingerprint density at radius 1 is 1.14 bits per heavy atom. The second kappa shape index (κ2) is 10.7. The maximum Gasteiger partial charge on any atom is 0.335 e. The Hall–Kier alpha value is -3.43. The molecule has 4 unspecified atom stereocenters. The van der Waals surface area contributed by atoms with Crippen LogP contribution in [0.25, 0.3) is 11.3 Å². The van der Waals surface area contributed by atoms with Gasteiger partial charge in [-0.2, -0.15) is 0 Å². The van der Waals surface area contributed by atoms with Crippen LogP contribution in [0.5, 0.6) is 0 Å². The van der Waals surface area contributed by atoms with Crippen LogP contribution in [0.2, 0.25) is 0 Å². The van der Waals surface area contributed by atoms with Crippen LogP contribution in [0.1, 0.15) is 11.6 Å². The van der Waals surface area contributed by atoms with Crippen molar-refractivity contribution in [3.8, 4) is 11.3 Å². The predicted octanol–water partition coefficient (Wildman–Crippen LogP) is 0.450. The fourth-order valence-corrected chi connectivity index (χ4v) is 3.92. The monoisotopic (exact) mass is 510 g/mol. The summed E-state index contributed by atoms with van der Waals surface area (Å²) in [4.78, 5) is 15.8. The number of halogens is 3. The topological polar surface area (TPSA) is 160 Å². The molecule has 36 heavy (non-hydrogen) atoms. The van der Waals surface area contributed by atoms with Gasteiger partial charge in [0, 0.05) is 18.0 Å². The van der Waals surface area contributed by atoms with Crippen LogP contribution in [0.15, 0.2) is 42.9 Å². The molecule has 0 radical (unpaired) electrons. The van der Waals surface area contributed by atoms with Gasteiger partial charge >= 0.3 is 5.97 Å². The lowest BCUT2D eigenvalue weighted by Crippen LogP contribution is -2.60. The van der Waals surface area contributed by atoms with Crippen LogP contribution in [0.3, 0.4) is 0 Å². The number of hydrogen-bond donors (Lipinski definition) is 4. The van der Waals surface area contributed by atoms with E-state index < -0.39 is 66.6 Å². The number of rotatable bonds is 8. The minimum atomic E-state index is -1.74. The van der Waals surface area contributed by atoms with Crippen LogP contribution < -0.4 is 0 Å². The average molecular weight is 510 g/mol. The summed E-state index contributed by atoms with van der Waals surface area (Å²) in [6.45, 7) is -0.911. The van der Waals surface area contributed by atoms with E-state index in [1.807, 2.05) is 0 Å². The van der Waals surface area contributed by atoms with Crippen molar-refractivity contribution in [2.75, 3.05) is 6.61 Å². The molecule has 0 amide bonds. The number of benzene rings is 1. The third kappa shape index (κ3) is 5.08. The zero-order valence-corrected chi connectivity index (χ0v) is 18.4. The number of pyridine rings is 1. The van der Waals surface area contributed by atoms with Gasteiger partial charge < -0.3 is 29.9 Å². The normalized spacial score (nSPS) is 25.0. The van der Waals surface area contributed by atoms with Crippen molar-refractivity contribution in [1.29, 1.82) is 0 Å². The molecule has 1 aromatic carbocycles. The summed E-state index contributed by atoms with van der Waals surface area (Å²) < 4.78 is 52.5. The summed E-state index contributed by atoms with van der Waals surface area (Å²) in [5, 5.41) is 48.7. The van der Waals surface area contributed by atoms with E-state index in [1.165, 1.54) is 12.4 Å². The van der Waals surface area contributed by atoms with E-state index in [9.17, 15) is 38.4 Å². The first kappa shape index (κ1) is 25.7. The number of hydrogen-bond acceptors (Lipinski definition) is 9. The Morgan fingerprint density at radius 3 is 2.42 bits per heavy atom. The number of carboxylic acids is 1. The molecule has 0 spiro atoms. The number of carbonyl (C=O) groups is 1. The molecule has 0 bridgehead atoms. The number of aliphatic hydroxyl groups is 3. The van der Waals surface area contributed by atoms with Gasteiger partial charge in [0.05, 0.1) is 19.4 Å². The molecule has 4 rings (SSSR count). The second-order valence-corrected chi connectivity index (χ2v) is 8.06. The molecule has 1 aliphatic heterocycles. The molecule has 192 valence electrons. The van der Waals surface area contributed by atoms with Crippen LogP contribution in [0, 0.1) is 17.5 Å². The fourth-order valence-electron chi connectivity index (χ4n) is 3.92. The Balaban J connectivity index is 1.62. The molecule has 11 nitrogen and oxygen atoms in total. The van der Waals surface area contributed by atoms with E-state index in [0.29, 0.717) is 17.7 Å². The third-order valence-electron chi connectivity index (χ3n) is 5.75. The predicted molar refractivity (Wildman–Crippen MR) is 113 cm³/mol. The van der Waals surface area contributed by atoms with E-state index >= 15 is 0 Å². The highest BCUT2D eigenvalue weighted by Crippen LogP contribution is 2.33. The van der Waals surface area contributed by atoms with Gasteiger partial charge in [0.25, 0.3) is 0 Å². The Kier molecular flexibility index (Phi) is 7.61. The maximum atomic E-state index is 13.7. The zero-order valence-electron chi connectivity index (χ0n) is 18.4. The minimum Gasteiger partial charge on any atom is -0.479 e. The number of nitrogens with zero attached hydrogens (tertiary/aromatic N) is 4. The smallest absolute Gasteiger partial charge is 0.335 e. The molecular weight excluding hydrogens is 489 g/mol. The molecule has 1 saturated heterocycles. The number of aliphatic hydroxyl groups excluding tert-OH is 3. The van der Waals surface area contributed by atoms with Gasteiger partial charge in [0.2, 0.25) is 0 Å². The summed E-state index contributed by atoms with van der Waals surface area (Å²) in [5.74, 6) is -6.05. The SMILES string of the molecule is O=C(O)[C@@H](OCc1ccncc1)C1OC(CO)[C@H](O)C(n2cc(-c3cc(F)c(F)c(F)c3)nn2)C1O. The molecule has 2 aromatic heterocycles. The summed E-state index contributed by atoms with van der Waals surface area (Å²) in [5.41, 5.74) is 0.295.